The average Bonchev–Trinajstić information content (AvgIpc) is 2.36. The minimum absolute atomic E-state index is 0.695. The summed E-state index contributed by atoms with van der Waals surface area (Å²) in [5.41, 5.74) is 0. The number of carbonyl (C=O) groups excluding carboxylic acids is 2. The fourth-order valence-electron chi connectivity index (χ4n) is 1.99. The van der Waals surface area contributed by atoms with Gasteiger partial charge in [-0.05, 0) is 0 Å². The normalized spacial score (nSPS) is 26.4. The molecule has 2 N–H and O–H groups in total. The van der Waals surface area contributed by atoms with Crippen molar-refractivity contribution in [3.8, 4) is 0 Å². The fraction of sp³-hybridized carbons (Fsp3) is 0.600. The number of carbonyl (C=O) groups is 4. The van der Waals surface area contributed by atoms with Crippen LogP contribution in [0.25, 0.3) is 0 Å². The van der Waals surface area contributed by atoms with Crippen molar-refractivity contribution in [2.24, 2.45) is 0 Å². The Bertz CT molecular complexity index is 429. The number of piperazine rings is 1. The molecule has 1 saturated heterocycles. The van der Waals surface area contributed by atoms with Crippen LogP contribution in [-0.2, 0) is 19.2 Å². The van der Waals surface area contributed by atoms with Crippen LogP contribution in [0.4, 0.5) is 0 Å². The molecule has 4 atom stereocenters. The van der Waals surface area contributed by atoms with Crippen molar-refractivity contribution in [1.29, 1.82) is 0 Å². The van der Waals surface area contributed by atoms with E-state index >= 15 is 0 Å². The number of aliphatic carboxylic acids is 2. The van der Waals surface area contributed by atoms with Crippen LogP contribution in [0.1, 0.15) is 0 Å². The lowest BCUT2D eigenvalue weighted by atomic mass is 10.0. The highest BCUT2D eigenvalue weighted by atomic mass is 32.1. The van der Waals surface area contributed by atoms with E-state index in [1.165, 1.54) is 14.1 Å². The first-order chi connectivity index (χ1) is 9.11. The molecule has 0 aliphatic carbocycles. The van der Waals surface area contributed by atoms with Gasteiger partial charge >= 0.3 is 11.9 Å². The summed E-state index contributed by atoms with van der Waals surface area (Å²) < 4.78 is 0. The second-order valence-electron chi connectivity index (χ2n) is 4.35. The second kappa shape index (κ2) is 5.92. The molecule has 1 fully saturated rings. The number of carboxylic acid groups (broad SMARTS) is 2. The summed E-state index contributed by atoms with van der Waals surface area (Å²) in [6.07, 6.45) is 0. The van der Waals surface area contributed by atoms with E-state index in [1.54, 1.807) is 0 Å². The number of carboxylic acids is 2. The van der Waals surface area contributed by atoms with Crippen LogP contribution in [0, 0.1) is 0 Å². The van der Waals surface area contributed by atoms with Gasteiger partial charge in [-0.25, -0.2) is 0 Å². The third-order valence-corrected chi connectivity index (χ3v) is 4.15. The number of amides is 2. The molecule has 1 rings (SSSR count). The van der Waals surface area contributed by atoms with Gasteiger partial charge in [-0.3, -0.25) is 19.2 Å². The first-order valence-corrected chi connectivity index (χ1v) is 6.49. The molecule has 1 heterocycles. The van der Waals surface area contributed by atoms with Gasteiger partial charge in [-0.1, -0.05) is 0 Å². The molecule has 0 spiro atoms. The van der Waals surface area contributed by atoms with E-state index in [9.17, 15) is 19.2 Å². The van der Waals surface area contributed by atoms with Gasteiger partial charge < -0.3 is 20.0 Å². The smallest absolute Gasteiger partial charge is 0.319 e. The second-order valence-corrected chi connectivity index (χ2v) is 5.47. The molecule has 0 aromatic carbocycles. The van der Waals surface area contributed by atoms with E-state index in [2.05, 4.69) is 25.3 Å². The summed E-state index contributed by atoms with van der Waals surface area (Å²) in [4.78, 5) is 48.0. The third kappa shape index (κ3) is 2.70. The number of thiol groups is 2. The first-order valence-electron chi connectivity index (χ1n) is 5.46. The monoisotopic (exact) mass is 322 g/mol. The Balaban J connectivity index is 3.15. The molecule has 0 saturated carbocycles. The Morgan fingerprint density at radius 2 is 1.20 bits per heavy atom. The Morgan fingerprint density at radius 3 is 1.40 bits per heavy atom. The van der Waals surface area contributed by atoms with Crippen molar-refractivity contribution < 1.29 is 29.4 Å². The number of nitrogens with zero attached hydrogens (tertiary/aromatic N) is 2. The lowest BCUT2D eigenvalue weighted by Crippen LogP contribution is -2.68. The molecule has 20 heavy (non-hydrogen) atoms. The zero-order chi connectivity index (χ0) is 15.8. The van der Waals surface area contributed by atoms with E-state index in [0.29, 0.717) is 0 Å². The van der Waals surface area contributed by atoms with Gasteiger partial charge in [-0.15, -0.1) is 0 Å². The van der Waals surface area contributed by atoms with Crippen molar-refractivity contribution in [3.63, 3.8) is 0 Å². The van der Waals surface area contributed by atoms with Gasteiger partial charge in [0, 0.05) is 14.1 Å². The van der Waals surface area contributed by atoms with Crippen molar-refractivity contribution in [2.45, 2.75) is 22.6 Å². The van der Waals surface area contributed by atoms with Crippen molar-refractivity contribution >= 4 is 49.0 Å². The SMILES string of the molecule is CN1C(=O)C(C(S)C(=O)O)N(C)C(=O)C1C(S)C(=O)O. The Morgan fingerprint density at radius 1 is 0.950 bits per heavy atom. The summed E-state index contributed by atoms with van der Waals surface area (Å²) in [7, 11) is 2.47. The number of rotatable bonds is 4. The maximum absolute atomic E-state index is 12.2. The van der Waals surface area contributed by atoms with Crippen molar-refractivity contribution in [2.75, 3.05) is 14.1 Å². The largest absolute Gasteiger partial charge is 0.480 e. The zero-order valence-electron chi connectivity index (χ0n) is 10.6. The predicted octanol–water partition coefficient (Wildman–Crippen LogP) is -1.58. The van der Waals surface area contributed by atoms with Gasteiger partial charge in [-0.2, -0.15) is 25.3 Å². The summed E-state index contributed by atoms with van der Waals surface area (Å²) in [5, 5.41) is 15.0. The summed E-state index contributed by atoms with van der Waals surface area (Å²) in [6, 6.07) is -2.59. The highest BCUT2D eigenvalue weighted by Gasteiger charge is 2.50. The quantitative estimate of drug-likeness (QED) is 0.464. The minimum atomic E-state index is -1.40. The summed E-state index contributed by atoms with van der Waals surface area (Å²) in [5.74, 6) is -4.09. The standard InChI is InChI=1S/C10H14N2O6S2/c1-11-3(5(19)9(15)16)8(14)12(2)4(7(11)13)6(20)10(17)18/h3-6,19-20H,1-2H3,(H,15,16)(H,17,18). The molecular weight excluding hydrogens is 308 g/mol. The molecule has 8 nitrogen and oxygen atoms in total. The molecule has 112 valence electrons. The van der Waals surface area contributed by atoms with E-state index in [4.69, 9.17) is 10.2 Å². The molecule has 1 aliphatic heterocycles. The molecular formula is C10H14N2O6S2. The lowest BCUT2D eigenvalue weighted by molar-refractivity contribution is -0.162. The Kier molecular flexibility index (Phi) is 4.92. The van der Waals surface area contributed by atoms with Gasteiger partial charge in [0.05, 0.1) is 0 Å². The molecule has 0 bridgehead atoms. The third-order valence-electron chi connectivity index (χ3n) is 3.14. The molecule has 2 amide bonds. The van der Waals surface area contributed by atoms with Crippen LogP contribution in [0.5, 0.6) is 0 Å². The van der Waals surface area contributed by atoms with Crippen molar-refractivity contribution in [1.82, 2.24) is 9.80 Å². The maximum atomic E-state index is 12.2. The van der Waals surface area contributed by atoms with Gasteiger partial charge in [0.15, 0.2) is 0 Å². The summed E-state index contributed by atoms with van der Waals surface area (Å²) >= 11 is 7.63. The fourth-order valence-corrected chi connectivity index (χ4v) is 2.64. The molecule has 0 aromatic rings. The lowest BCUT2D eigenvalue weighted by Gasteiger charge is -2.43. The van der Waals surface area contributed by atoms with Gasteiger partial charge in [0.1, 0.15) is 22.6 Å². The Labute approximate surface area is 125 Å². The minimum Gasteiger partial charge on any atom is -0.480 e. The van der Waals surface area contributed by atoms with Crippen molar-refractivity contribution in [3.05, 3.63) is 0 Å². The van der Waals surface area contributed by atoms with Gasteiger partial charge in [0.25, 0.3) is 0 Å². The van der Waals surface area contributed by atoms with Crippen LogP contribution >= 0.6 is 25.3 Å². The van der Waals surface area contributed by atoms with Crippen LogP contribution in [0.15, 0.2) is 0 Å². The van der Waals surface area contributed by atoms with Crippen LogP contribution in [0.2, 0.25) is 0 Å². The topological polar surface area (TPSA) is 115 Å². The average molecular weight is 322 g/mol. The van der Waals surface area contributed by atoms with Crippen LogP contribution in [0.3, 0.4) is 0 Å². The molecule has 0 radical (unpaired) electrons. The molecule has 1 aliphatic rings. The predicted molar refractivity (Wildman–Crippen MR) is 73.9 cm³/mol. The van der Waals surface area contributed by atoms with E-state index in [1.807, 2.05) is 0 Å². The highest BCUT2D eigenvalue weighted by molar-refractivity contribution is 7.82. The number of likely N-dealkylation sites (N-methyl/N-ethyl adjacent to an activating group) is 2. The van der Waals surface area contributed by atoms with Crippen LogP contribution < -0.4 is 0 Å². The highest BCUT2D eigenvalue weighted by Crippen LogP contribution is 2.24. The summed E-state index contributed by atoms with van der Waals surface area (Å²) in [6.45, 7) is 0. The van der Waals surface area contributed by atoms with Gasteiger partial charge in [0.2, 0.25) is 11.8 Å². The van der Waals surface area contributed by atoms with E-state index in [0.717, 1.165) is 9.80 Å². The molecule has 10 heteroatoms. The van der Waals surface area contributed by atoms with E-state index in [-0.39, 0.29) is 0 Å². The molecule has 0 aromatic heterocycles. The number of hydrogen-bond acceptors (Lipinski definition) is 6. The Hall–Kier alpha value is -1.42. The molecule has 4 unspecified atom stereocenters. The first kappa shape index (κ1) is 16.6. The number of hydrogen-bond donors (Lipinski definition) is 4. The van der Waals surface area contributed by atoms with E-state index < -0.39 is 46.3 Å². The zero-order valence-corrected chi connectivity index (χ0v) is 12.4. The maximum Gasteiger partial charge on any atom is 0.319 e. The van der Waals surface area contributed by atoms with Crippen LogP contribution in [-0.4, -0.2) is 80.4 Å².